The van der Waals surface area contributed by atoms with E-state index in [2.05, 4.69) is 17.2 Å². The number of carbonyl (C=O) groups excluding carboxylic acids is 1. The lowest BCUT2D eigenvalue weighted by Crippen LogP contribution is -2.28. The molecule has 4 nitrogen and oxygen atoms in total. The fourth-order valence-corrected chi connectivity index (χ4v) is 3.26. The average Bonchev–Trinajstić information content (AvgIpc) is 2.75. The van der Waals surface area contributed by atoms with Crippen molar-refractivity contribution in [3.63, 3.8) is 0 Å². The summed E-state index contributed by atoms with van der Waals surface area (Å²) >= 11 is 0. The monoisotopic (exact) mass is 366 g/mol. The lowest BCUT2D eigenvalue weighted by Gasteiger charge is -2.14. The first-order valence-corrected chi connectivity index (χ1v) is 9.05. The van der Waals surface area contributed by atoms with Crippen LogP contribution in [0.25, 0.3) is 21.8 Å². The van der Waals surface area contributed by atoms with Gasteiger partial charge in [0.25, 0.3) is 0 Å². The highest BCUT2D eigenvalue weighted by atomic mass is 16.2. The normalized spacial score (nSPS) is 10.4. The molecule has 4 rings (SSSR count). The summed E-state index contributed by atoms with van der Waals surface area (Å²) in [4.78, 5) is 25.3. The Morgan fingerprint density at radius 3 is 2.04 bits per heavy atom. The van der Waals surface area contributed by atoms with Crippen molar-refractivity contribution in [2.45, 2.75) is 6.54 Å². The number of hydrogen-bond acceptors (Lipinski definition) is 2. The molecular weight excluding hydrogens is 348 g/mol. The summed E-state index contributed by atoms with van der Waals surface area (Å²) in [5.74, 6) is 5.83. The standard InChI is InChI=1S/C24H18N2O2/c27-23(25-16-8-11-18-9-2-1-3-10-18)17-26-21-14-6-4-12-19(21)24(28)20-13-5-7-15-22(20)26/h1-7,9-10,12-15H,16-17H2,(H,25,27). The minimum absolute atomic E-state index is 0.0171. The number of pyridine rings is 1. The van der Waals surface area contributed by atoms with Crippen molar-refractivity contribution in [3.05, 3.63) is 94.6 Å². The smallest absolute Gasteiger partial charge is 0.240 e. The van der Waals surface area contributed by atoms with Crippen molar-refractivity contribution >= 4 is 27.7 Å². The Kier molecular flexibility index (Phi) is 4.90. The van der Waals surface area contributed by atoms with Crippen molar-refractivity contribution in [3.8, 4) is 11.8 Å². The molecule has 3 aromatic carbocycles. The molecule has 1 amide bonds. The summed E-state index contributed by atoms with van der Waals surface area (Å²) in [6.45, 7) is 0.387. The van der Waals surface area contributed by atoms with E-state index in [0.29, 0.717) is 10.8 Å². The molecule has 0 spiro atoms. The number of rotatable bonds is 3. The summed E-state index contributed by atoms with van der Waals surface area (Å²) in [6.07, 6.45) is 0. The largest absolute Gasteiger partial charge is 0.344 e. The molecule has 1 N–H and O–H groups in total. The van der Waals surface area contributed by atoms with E-state index in [1.807, 2.05) is 71.3 Å². The molecule has 0 aliphatic carbocycles. The number of fused-ring (bicyclic) bond motifs is 2. The van der Waals surface area contributed by atoms with Gasteiger partial charge in [0.2, 0.25) is 5.91 Å². The molecule has 0 saturated carbocycles. The van der Waals surface area contributed by atoms with Gasteiger partial charge in [-0.3, -0.25) is 9.59 Å². The molecule has 0 atom stereocenters. The molecule has 0 fully saturated rings. The molecule has 0 saturated heterocycles. The van der Waals surface area contributed by atoms with Gasteiger partial charge in [-0.25, -0.2) is 0 Å². The summed E-state index contributed by atoms with van der Waals surface area (Å²) in [6, 6.07) is 24.4. The van der Waals surface area contributed by atoms with E-state index in [0.717, 1.165) is 16.6 Å². The molecule has 4 heteroatoms. The van der Waals surface area contributed by atoms with Gasteiger partial charge in [-0.1, -0.05) is 54.3 Å². The Labute approximate surface area is 162 Å². The molecular formula is C24H18N2O2. The van der Waals surface area contributed by atoms with E-state index < -0.39 is 0 Å². The molecule has 1 aromatic heterocycles. The second kappa shape index (κ2) is 7.81. The highest BCUT2D eigenvalue weighted by Crippen LogP contribution is 2.18. The van der Waals surface area contributed by atoms with Gasteiger partial charge in [0.05, 0.1) is 17.6 Å². The van der Waals surface area contributed by atoms with Crippen LogP contribution >= 0.6 is 0 Å². The van der Waals surface area contributed by atoms with E-state index in [1.165, 1.54) is 0 Å². The molecule has 1 heterocycles. The van der Waals surface area contributed by atoms with E-state index in [9.17, 15) is 9.59 Å². The third kappa shape index (κ3) is 3.51. The topological polar surface area (TPSA) is 51.1 Å². The van der Waals surface area contributed by atoms with E-state index in [1.54, 1.807) is 12.1 Å². The lowest BCUT2D eigenvalue weighted by atomic mass is 10.1. The Balaban J connectivity index is 1.60. The average molecular weight is 366 g/mol. The number of nitrogens with zero attached hydrogens (tertiary/aromatic N) is 1. The minimum atomic E-state index is -0.152. The van der Waals surface area contributed by atoms with Gasteiger partial charge >= 0.3 is 0 Å². The Morgan fingerprint density at radius 1 is 0.821 bits per heavy atom. The Hall–Kier alpha value is -3.84. The number of carbonyl (C=O) groups is 1. The fourth-order valence-electron chi connectivity index (χ4n) is 3.26. The van der Waals surface area contributed by atoms with Gasteiger partial charge < -0.3 is 9.88 Å². The fraction of sp³-hybridized carbons (Fsp3) is 0.0833. The summed E-state index contributed by atoms with van der Waals surface area (Å²) in [7, 11) is 0. The zero-order valence-electron chi connectivity index (χ0n) is 15.2. The highest BCUT2D eigenvalue weighted by molar-refractivity contribution is 5.94. The molecule has 4 aromatic rings. The number of aromatic nitrogens is 1. The summed E-state index contributed by atoms with van der Waals surface area (Å²) in [5, 5.41) is 4.05. The van der Waals surface area contributed by atoms with E-state index in [4.69, 9.17) is 0 Å². The van der Waals surface area contributed by atoms with Crippen LogP contribution in [0.1, 0.15) is 5.56 Å². The van der Waals surface area contributed by atoms with Crippen LogP contribution in [0, 0.1) is 11.8 Å². The van der Waals surface area contributed by atoms with Gasteiger partial charge in [0.15, 0.2) is 5.43 Å². The number of hydrogen-bond donors (Lipinski definition) is 1. The molecule has 0 aliphatic heterocycles. The SMILES string of the molecule is O=C(Cn1c2ccccc2c(=O)c2ccccc21)NCC#Cc1ccccc1. The predicted octanol–water partition coefficient (Wildman–Crippen LogP) is 3.32. The van der Waals surface area contributed by atoms with Crippen molar-refractivity contribution in [2.24, 2.45) is 0 Å². The van der Waals surface area contributed by atoms with Crippen LogP contribution in [0.5, 0.6) is 0 Å². The van der Waals surface area contributed by atoms with Gasteiger partial charge in [-0.15, -0.1) is 0 Å². The van der Waals surface area contributed by atoms with Crippen LogP contribution in [0.2, 0.25) is 0 Å². The lowest BCUT2D eigenvalue weighted by molar-refractivity contribution is -0.121. The third-order valence-electron chi connectivity index (χ3n) is 4.56. The van der Waals surface area contributed by atoms with Crippen LogP contribution in [-0.4, -0.2) is 17.0 Å². The first kappa shape index (κ1) is 17.6. The van der Waals surface area contributed by atoms with Gasteiger partial charge in [0.1, 0.15) is 6.54 Å². The zero-order valence-corrected chi connectivity index (χ0v) is 15.2. The maximum Gasteiger partial charge on any atom is 0.240 e. The van der Waals surface area contributed by atoms with Crippen molar-refractivity contribution in [1.82, 2.24) is 9.88 Å². The summed E-state index contributed by atoms with van der Waals surface area (Å²) < 4.78 is 1.88. The predicted molar refractivity (Wildman–Crippen MR) is 112 cm³/mol. The van der Waals surface area contributed by atoms with E-state index in [-0.39, 0.29) is 24.4 Å². The Bertz CT molecular complexity index is 1220. The number of nitrogens with one attached hydrogen (secondary N) is 1. The second-order valence-electron chi connectivity index (χ2n) is 6.39. The van der Waals surface area contributed by atoms with Gasteiger partial charge in [-0.2, -0.15) is 0 Å². The third-order valence-corrected chi connectivity index (χ3v) is 4.56. The molecule has 28 heavy (non-hydrogen) atoms. The van der Waals surface area contributed by atoms with E-state index >= 15 is 0 Å². The molecule has 0 bridgehead atoms. The second-order valence-corrected chi connectivity index (χ2v) is 6.39. The molecule has 0 aliphatic rings. The number of benzene rings is 3. The first-order chi connectivity index (χ1) is 13.7. The Morgan fingerprint density at radius 2 is 1.39 bits per heavy atom. The minimum Gasteiger partial charge on any atom is -0.344 e. The first-order valence-electron chi connectivity index (χ1n) is 9.05. The maximum atomic E-state index is 12.7. The van der Waals surface area contributed by atoms with Crippen molar-refractivity contribution in [1.29, 1.82) is 0 Å². The molecule has 0 radical (unpaired) electrons. The maximum absolute atomic E-state index is 12.7. The summed E-state index contributed by atoms with van der Waals surface area (Å²) in [5.41, 5.74) is 2.39. The van der Waals surface area contributed by atoms with Gasteiger partial charge in [-0.05, 0) is 36.4 Å². The molecule has 0 unspecified atom stereocenters. The molecule has 136 valence electrons. The zero-order chi connectivity index (χ0) is 19.3. The quantitative estimate of drug-likeness (QED) is 0.447. The van der Waals surface area contributed by atoms with Gasteiger partial charge in [0, 0.05) is 16.3 Å². The van der Waals surface area contributed by atoms with Crippen LogP contribution in [0.4, 0.5) is 0 Å². The van der Waals surface area contributed by atoms with Crippen molar-refractivity contribution in [2.75, 3.05) is 6.54 Å². The van der Waals surface area contributed by atoms with Crippen LogP contribution in [0.15, 0.2) is 83.7 Å². The van der Waals surface area contributed by atoms with Crippen LogP contribution in [0.3, 0.4) is 0 Å². The van der Waals surface area contributed by atoms with Crippen LogP contribution in [-0.2, 0) is 11.3 Å². The van der Waals surface area contributed by atoms with Crippen LogP contribution < -0.4 is 10.7 Å². The highest BCUT2D eigenvalue weighted by Gasteiger charge is 2.12. The number of amides is 1. The van der Waals surface area contributed by atoms with Crippen molar-refractivity contribution < 1.29 is 4.79 Å². The number of para-hydroxylation sites is 2.